The first-order valence-electron chi connectivity index (χ1n) is 6.17. The summed E-state index contributed by atoms with van der Waals surface area (Å²) in [5, 5.41) is 6.02. The second kappa shape index (κ2) is 6.56. The number of nitrogens with zero attached hydrogens (tertiary/aromatic N) is 1. The number of carbonyl (C=O) groups is 2. The monoisotopic (exact) mass is 290 g/mol. The van der Waals surface area contributed by atoms with E-state index in [0.717, 1.165) is 5.76 Å². The van der Waals surface area contributed by atoms with Crippen molar-refractivity contribution in [2.24, 2.45) is 0 Å². The Labute approximate surface area is 120 Å². The Morgan fingerprint density at radius 2 is 2.14 bits per heavy atom. The van der Waals surface area contributed by atoms with Gasteiger partial charge in [-0.1, -0.05) is 5.16 Å². The molecular formula is C14H14N2O5. The smallest absolute Gasteiger partial charge is 0.331 e. The Hall–Kier alpha value is -2.83. The van der Waals surface area contributed by atoms with Crippen molar-refractivity contribution in [2.75, 3.05) is 11.9 Å². The van der Waals surface area contributed by atoms with Gasteiger partial charge in [0.05, 0.1) is 0 Å². The lowest BCUT2D eigenvalue weighted by molar-refractivity contribution is -0.142. The van der Waals surface area contributed by atoms with Crippen molar-refractivity contribution in [3.63, 3.8) is 0 Å². The van der Waals surface area contributed by atoms with Crippen LogP contribution in [0.4, 0.5) is 5.82 Å². The van der Waals surface area contributed by atoms with Gasteiger partial charge in [0.15, 0.2) is 12.4 Å². The summed E-state index contributed by atoms with van der Waals surface area (Å²) >= 11 is 0. The minimum Gasteiger partial charge on any atom is -0.462 e. The normalized spacial score (nSPS) is 10.8. The molecule has 1 N–H and O–H groups in total. The molecule has 2 aromatic rings. The Morgan fingerprint density at radius 1 is 1.33 bits per heavy atom. The highest BCUT2D eigenvalue weighted by atomic mass is 16.5. The summed E-state index contributed by atoms with van der Waals surface area (Å²) in [7, 11) is 0. The molecule has 110 valence electrons. The second-order valence-corrected chi connectivity index (χ2v) is 4.26. The van der Waals surface area contributed by atoms with Gasteiger partial charge in [0.25, 0.3) is 5.91 Å². The maximum absolute atomic E-state index is 11.5. The highest BCUT2D eigenvalue weighted by molar-refractivity contribution is 5.93. The number of ether oxygens (including phenoxy) is 1. The summed E-state index contributed by atoms with van der Waals surface area (Å²) in [6, 6.07) is 5.05. The molecule has 0 aliphatic heterocycles. The molecule has 2 heterocycles. The van der Waals surface area contributed by atoms with E-state index in [1.165, 1.54) is 12.2 Å². The van der Waals surface area contributed by atoms with Crippen molar-refractivity contribution in [2.45, 2.75) is 13.8 Å². The van der Waals surface area contributed by atoms with Crippen LogP contribution in [0.1, 0.15) is 17.3 Å². The standard InChI is InChI=1S/C14H14N2O5/c1-9-3-4-11(20-9)5-6-14(18)19-8-13(17)15-12-7-10(2)21-16-12/h3-7H,8H2,1-2H3,(H,15,16,17)/b6-5+. The van der Waals surface area contributed by atoms with Crippen LogP contribution in [-0.4, -0.2) is 23.6 Å². The highest BCUT2D eigenvalue weighted by Gasteiger charge is 2.08. The molecule has 0 aliphatic carbocycles. The fraction of sp³-hybridized carbons (Fsp3) is 0.214. The molecule has 7 nitrogen and oxygen atoms in total. The average Bonchev–Trinajstić information content (AvgIpc) is 3.03. The zero-order chi connectivity index (χ0) is 15.2. The lowest BCUT2D eigenvalue weighted by Crippen LogP contribution is -2.20. The summed E-state index contributed by atoms with van der Waals surface area (Å²) in [5.41, 5.74) is 0. The van der Waals surface area contributed by atoms with Crippen LogP contribution < -0.4 is 5.32 Å². The molecule has 0 aliphatic rings. The molecule has 0 saturated heterocycles. The number of nitrogens with one attached hydrogen (secondary N) is 1. The van der Waals surface area contributed by atoms with Crippen molar-refractivity contribution in [3.05, 3.63) is 41.6 Å². The predicted octanol–water partition coefficient (Wildman–Crippen LogP) is 2.08. The molecule has 0 bridgehead atoms. The van der Waals surface area contributed by atoms with E-state index in [4.69, 9.17) is 13.7 Å². The molecule has 0 unspecified atom stereocenters. The van der Waals surface area contributed by atoms with Crippen LogP contribution in [0.15, 0.2) is 33.2 Å². The van der Waals surface area contributed by atoms with E-state index < -0.39 is 18.5 Å². The molecule has 0 radical (unpaired) electrons. The average molecular weight is 290 g/mol. The minimum atomic E-state index is -0.643. The van der Waals surface area contributed by atoms with E-state index in [0.29, 0.717) is 11.5 Å². The number of hydrogen-bond acceptors (Lipinski definition) is 6. The lowest BCUT2D eigenvalue weighted by Gasteiger charge is -2.01. The molecule has 7 heteroatoms. The first-order chi connectivity index (χ1) is 10.0. The molecule has 21 heavy (non-hydrogen) atoms. The Morgan fingerprint density at radius 3 is 2.76 bits per heavy atom. The largest absolute Gasteiger partial charge is 0.462 e. The van der Waals surface area contributed by atoms with E-state index in [2.05, 4.69) is 10.5 Å². The molecule has 2 rings (SSSR count). The molecule has 0 aromatic carbocycles. The highest BCUT2D eigenvalue weighted by Crippen LogP contribution is 2.08. The van der Waals surface area contributed by atoms with Crippen LogP contribution in [0.25, 0.3) is 6.08 Å². The predicted molar refractivity (Wildman–Crippen MR) is 73.3 cm³/mol. The Kier molecular flexibility index (Phi) is 4.55. The van der Waals surface area contributed by atoms with Gasteiger partial charge in [-0.2, -0.15) is 0 Å². The van der Waals surface area contributed by atoms with Gasteiger partial charge in [-0.15, -0.1) is 0 Å². The maximum Gasteiger partial charge on any atom is 0.331 e. The van der Waals surface area contributed by atoms with Gasteiger partial charge in [0.1, 0.15) is 17.3 Å². The summed E-state index contributed by atoms with van der Waals surface area (Å²) in [6.45, 7) is 3.09. The Balaban J connectivity index is 1.75. The Bertz CT molecular complexity index is 668. The van der Waals surface area contributed by atoms with Gasteiger partial charge in [-0.25, -0.2) is 4.79 Å². The molecule has 0 saturated carbocycles. The zero-order valence-electron chi connectivity index (χ0n) is 11.6. The first kappa shape index (κ1) is 14.6. The molecule has 2 aromatic heterocycles. The number of furan rings is 1. The fourth-order valence-electron chi connectivity index (χ4n) is 1.48. The van der Waals surface area contributed by atoms with E-state index >= 15 is 0 Å². The number of hydrogen-bond donors (Lipinski definition) is 1. The van der Waals surface area contributed by atoms with Gasteiger partial charge in [0.2, 0.25) is 0 Å². The summed E-state index contributed by atoms with van der Waals surface area (Å²) in [4.78, 5) is 22.9. The number of rotatable bonds is 5. The summed E-state index contributed by atoms with van der Waals surface area (Å²) in [6.07, 6.45) is 2.65. The van der Waals surface area contributed by atoms with Gasteiger partial charge in [-0.3, -0.25) is 4.79 Å². The molecule has 0 atom stereocenters. The molecular weight excluding hydrogens is 276 g/mol. The fourth-order valence-corrected chi connectivity index (χ4v) is 1.48. The van der Waals surface area contributed by atoms with E-state index in [1.807, 2.05) is 0 Å². The third kappa shape index (κ3) is 4.64. The molecule has 0 spiro atoms. The van der Waals surface area contributed by atoms with Crippen LogP contribution in [0, 0.1) is 13.8 Å². The topological polar surface area (TPSA) is 94.6 Å². The van der Waals surface area contributed by atoms with E-state index in [9.17, 15) is 9.59 Å². The van der Waals surface area contributed by atoms with E-state index in [-0.39, 0.29) is 5.82 Å². The van der Waals surface area contributed by atoms with Crippen molar-refractivity contribution in [1.29, 1.82) is 0 Å². The second-order valence-electron chi connectivity index (χ2n) is 4.26. The van der Waals surface area contributed by atoms with Gasteiger partial charge in [-0.05, 0) is 32.1 Å². The van der Waals surface area contributed by atoms with Gasteiger partial charge >= 0.3 is 5.97 Å². The van der Waals surface area contributed by atoms with Crippen molar-refractivity contribution in [1.82, 2.24) is 5.16 Å². The van der Waals surface area contributed by atoms with E-state index in [1.54, 1.807) is 32.0 Å². The number of amides is 1. The summed E-state index contributed by atoms with van der Waals surface area (Å²) < 4.78 is 14.8. The van der Waals surface area contributed by atoms with Crippen LogP contribution in [0.3, 0.4) is 0 Å². The van der Waals surface area contributed by atoms with Crippen LogP contribution in [0.2, 0.25) is 0 Å². The van der Waals surface area contributed by atoms with Gasteiger partial charge < -0.3 is 19.0 Å². The zero-order valence-corrected chi connectivity index (χ0v) is 11.6. The third-order valence-corrected chi connectivity index (χ3v) is 2.39. The third-order valence-electron chi connectivity index (χ3n) is 2.39. The molecule has 0 fully saturated rings. The number of aryl methyl sites for hydroxylation is 2. The number of aromatic nitrogens is 1. The summed E-state index contributed by atoms with van der Waals surface area (Å²) in [5.74, 6) is 0.973. The number of esters is 1. The quantitative estimate of drug-likeness (QED) is 0.669. The maximum atomic E-state index is 11.5. The number of anilines is 1. The lowest BCUT2D eigenvalue weighted by atomic mass is 10.4. The first-order valence-corrected chi connectivity index (χ1v) is 6.17. The van der Waals surface area contributed by atoms with Crippen molar-refractivity contribution >= 4 is 23.8 Å². The van der Waals surface area contributed by atoms with Crippen LogP contribution in [0.5, 0.6) is 0 Å². The van der Waals surface area contributed by atoms with Gasteiger partial charge in [0, 0.05) is 12.1 Å². The SMILES string of the molecule is Cc1cc(NC(=O)COC(=O)/C=C/c2ccc(C)o2)no1. The van der Waals surface area contributed by atoms with Crippen LogP contribution >= 0.6 is 0 Å². The minimum absolute atomic E-state index is 0.273. The van der Waals surface area contributed by atoms with Crippen molar-refractivity contribution < 1.29 is 23.3 Å². The van der Waals surface area contributed by atoms with Crippen LogP contribution in [-0.2, 0) is 14.3 Å². The molecule has 1 amide bonds. The number of carbonyl (C=O) groups excluding carboxylic acids is 2. The van der Waals surface area contributed by atoms with Crippen molar-refractivity contribution in [3.8, 4) is 0 Å².